The second kappa shape index (κ2) is 9.34. The largest absolute Gasteiger partial charge is 0.466 e. The van der Waals surface area contributed by atoms with Crippen molar-refractivity contribution in [2.24, 2.45) is 5.92 Å². The van der Waals surface area contributed by atoms with Crippen molar-refractivity contribution < 1.29 is 14.3 Å². The van der Waals surface area contributed by atoms with Crippen LogP contribution in [0.3, 0.4) is 0 Å². The number of hydrogen-bond donors (Lipinski definition) is 0. The molecule has 26 heavy (non-hydrogen) atoms. The highest BCUT2D eigenvalue weighted by Crippen LogP contribution is 2.29. The lowest BCUT2D eigenvalue weighted by molar-refractivity contribution is -0.151. The Kier molecular flexibility index (Phi) is 6.87. The molecule has 2 heterocycles. The van der Waals surface area contributed by atoms with Gasteiger partial charge in [0.15, 0.2) is 5.82 Å². The molecular weight excluding hydrogens is 354 g/mol. The van der Waals surface area contributed by atoms with Gasteiger partial charge in [-0.3, -0.25) is 9.59 Å². The molecule has 0 radical (unpaired) electrons. The summed E-state index contributed by atoms with van der Waals surface area (Å²) in [4.78, 5) is 26.0. The van der Waals surface area contributed by atoms with E-state index in [1.165, 1.54) is 12.8 Å². The first kappa shape index (κ1) is 19.1. The molecular formula is C17H27N5O3S. The average molecular weight is 382 g/mol. The molecule has 3 rings (SSSR count). The number of thioether (sulfide) groups is 1. The Hall–Kier alpha value is -1.64. The zero-order valence-corrected chi connectivity index (χ0v) is 16.1. The van der Waals surface area contributed by atoms with Gasteiger partial charge < -0.3 is 9.64 Å². The number of tetrazole rings is 1. The summed E-state index contributed by atoms with van der Waals surface area (Å²) >= 11 is 1.55. The number of carbonyl (C=O) groups excluding carboxylic acids is 2. The maximum atomic E-state index is 12.4. The molecule has 1 amide bonds. The number of ether oxygens (including phenoxy) is 1. The summed E-state index contributed by atoms with van der Waals surface area (Å²) in [6, 6.07) is 0.415. The van der Waals surface area contributed by atoms with E-state index >= 15 is 0 Å². The fourth-order valence-electron chi connectivity index (χ4n) is 3.69. The SMILES string of the molecule is CCOC(=O)C1CCN(C(=O)CSCc2nnnn2C2CCCC2)CC1. The molecule has 1 aliphatic heterocycles. The van der Waals surface area contributed by atoms with Crippen molar-refractivity contribution in [2.45, 2.75) is 57.2 Å². The first-order chi connectivity index (χ1) is 12.7. The van der Waals surface area contributed by atoms with Crippen molar-refractivity contribution in [3.63, 3.8) is 0 Å². The molecule has 1 aliphatic carbocycles. The van der Waals surface area contributed by atoms with Crippen LogP contribution in [0.2, 0.25) is 0 Å². The Morgan fingerprint density at radius 1 is 1.19 bits per heavy atom. The molecule has 9 heteroatoms. The fraction of sp³-hybridized carbons (Fsp3) is 0.824. The molecule has 0 N–H and O–H groups in total. The zero-order valence-electron chi connectivity index (χ0n) is 15.3. The molecule has 144 valence electrons. The molecule has 0 bridgehead atoms. The lowest BCUT2D eigenvalue weighted by Crippen LogP contribution is -2.41. The van der Waals surface area contributed by atoms with Gasteiger partial charge in [0.05, 0.1) is 30.1 Å². The predicted molar refractivity (Wildman–Crippen MR) is 97.4 cm³/mol. The molecule has 1 saturated heterocycles. The van der Waals surface area contributed by atoms with Crippen molar-refractivity contribution in [3.8, 4) is 0 Å². The van der Waals surface area contributed by atoms with Crippen LogP contribution in [0, 0.1) is 5.92 Å². The van der Waals surface area contributed by atoms with Gasteiger partial charge in [0, 0.05) is 13.1 Å². The van der Waals surface area contributed by atoms with Gasteiger partial charge in [-0.25, -0.2) is 4.68 Å². The molecule has 2 fully saturated rings. The molecule has 1 saturated carbocycles. The summed E-state index contributed by atoms with van der Waals surface area (Å²) < 4.78 is 7.01. The van der Waals surface area contributed by atoms with Crippen LogP contribution in [0.15, 0.2) is 0 Å². The number of carbonyl (C=O) groups is 2. The van der Waals surface area contributed by atoms with E-state index in [0.717, 1.165) is 18.7 Å². The van der Waals surface area contributed by atoms with E-state index in [0.29, 0.717) is 50.1 Å². The topological polar surface area (TPSA) is 90.2 Å². The summed E-state index contributed by atoms with van der Waals surface area (Å²) in [7, 11) is 0. The second-order valence-corrected chi connectivity index (χ2v) is 7.86. The fourth-order valence-corrected chi connectivity index (χ4v) is 4.52. The third kappa shape index (κ3) is 4.75. The highest BCUT2D eigenvalue weighted by Gasteiger charge is 2.28. The van der Waals surface area contributed by atoms with E-state index in [1.54, 1.807) is 11.8 Å². The van der Waals surface area contributed by atoms with Crippen LogP contribution in [0.1, 0.15) is 57.3 Å². The van der Waals surface area contributed by atoms with E-state index in [4.69, 9.17) is 4.74 Å². The molecule has 1 aromatic heterocycles. The first-order valence-electron chi connectivity index (χ1n) is 9.48. The predicted octanol–water partition coefficient (Wildman–Crippen LogP) is 1.82. The van der Waals surface area contributed by atoms with E-state index in [-0.39, 0.29) is 17.8 Å². The maximum absolute atomic E-state index is 12.4. The van der Waals surface area contributed by atoms with Crippen LogP contribution in [-0.2, 0) is 20.1 Å². The normalized spacial score (nSPS) is 19.0. The van der Waals surface area contributed by atoms with Crippen molar-refractivity contribution in [2.75, 3.05) is 25.4 Å². The zero-order chi connectivity index (χ0) is 18.4. The van der Waals surface area contributed by atoms with Crippen molar-refractivity contribution in [1.29, 1.82) is 0 Å². The van der Waals surface area contributed by atoms with Gasteiger partial charge in [-0.05, 0) is 43.0 Å². The van der Waals surface area contributed by atoms with Gasteiger partial charge in [0.2, 0.25) is 5.91 Å². The van der Waals surface area contributed by atoms with Crippen molar-refractivity contribution in [3.05, 3.63) is 5.82 Å². The van der Waals surface area contributed by atoms with E-state index in [1.807, 2.05) is 16.5 Å². The van der Waals surface area contributed by atoms with E-state index < -0.39 is 0 Å². The maximum Gasteiger partial charge on any atom is 0.309 e. The number of rotatable bonds is 7. The molecule has 0 unspecified atom stereocenters. The Balaban J connectivity index is 1.40. The number of amides is 1. The van der Waals surface area contributed by atoms with E-state index in [2.05, 4.69) is 15.5 Å². The highest BCUT2D eigenvalue weighted by atomic mass is 32.2. The lowest BCUT2D eigenvalue weighted by Gasteiger charge is -2.30. The number of piperidine rings is 1. The quantitative estimate of drug-likeness (QED) is 0.666. The van der Waals surface area contributed by atoms with Gasteiger partial charge in [-0.15, -0.1) is 16.9 Å². The molecule has 0 aromatic carbocycles. The van der Waals surface area contributed by atoms with Crippen LogP contribution >= 0.6 is 11.8 Å². The standard InChI is InChI=1S/C17H27N5O3S/c1-2-25-17(24)13-7-9-21(10-8-13)16(23)12-26-11-15-18-19-20-22(15)14-5-3-4-6-14/h13-14H,2-12H2,1H3. The second-order valence-electron chi connectivity index (χ2n) is 6.88. The number of nitrogens with zero attached hydrogens (tertiary/aromatic N) is 5. The first-order valence-corrected chi connectivity index (χ1v) is 10.6. The summed E-state index contributed by atoms with van der Waals surface area (Å²) in [5.41, 5.74) is 0. The highest BCUT2D eigenvalue weighted by molar-refractivity contribution is 7.99. The third-order valence-corrected chi connectivity index (χ3v) is 6.07. The van der Waals surface area contributed by atoms with Crippen LogP contribution in [0.5, 0.6) is 0 Å². The monoisotopic (exact) mass is 381 g/mol. The Morgan fingerprint density at radius 3 is 2.62 bits per heavy atom. The smallest absolute Gasteiger partial charge is 0.309 e. The molecule has 0 atom stereocenters. The number of likely N-dealkylation sites (tertiary alicyclic amines) is 1. The van der Waals surface area contributed by atoms with Gasteiger partial charge in [0.1, 0.15) is 0 Å². The van der Waals surface area contributed by atoms with Gasteiger partial charge in [-0.1, -0.05) is 12.8 Å². The minimum Gasteiger partial charge on any atom is -0.466 e. The van der Waals surface area contributed by atoms with Gasteiger partial charge in [0.25, 0.3) is 0 Å². The van der Waals surface area contributed by atoms with Crippen LogP contribution in [0.4, 0.5) is 0 Å². The molecule has 1 aromatic rings. The Morgan fingerprint density at radius 2 is 1.92 bits per heavy atom. The lowest BCUT2D eigenvalue weighted by atomic mass is 9.97. The van der Waals surface area contributed by atoms with Crippen LogP contribution in [0.25, 0.3) is 0 Å². The summed E-state index contributed by atoms with van der Waals surface area (Å²) in [6.07, 6.45) is 6.12. The summed E-state index contributed by atoms with van der Waals surface area (Å²) in [5.74, 6) is 1.85. The van der Waals surface area contributed by atoms with Crippen molar-refractivity contribution >= 4 is 23.6 Å². The molecule has 8 nitrogen and oxygen atoms in total. The number of hydrogen-bond acceptors (Lipinski definition) is 7. The Labute approximate surface area is 158 Å². The summed E-state index contributed by atoms with van der Waals surface area (Å²) in [6.45, 7) is 3.48. The number of esters is 1. The van der Waals surface area contributed by atoms with Crippen LogP contribution < -0.4 is 0 Å². The van der Waals surface area contributed by atoms with Gasteiger partial charge in [-0.2, -0.15) is 0 Å². The molecule has 0 spiro atoms. The van der Waals surface area contributed by atoms with E-state index in [9.17, 15) is 9.59 Å². The number of aromatic nitrogens is 4. The van der Waals surface area contributed by atoms with Gasteiger partial charge >= 0.3 is 5.97 Å². The third-order valence-electron chi connectivity index (χ3n) is 5.16. The van der Waals surface area contributed by atoms with Crippen LogP contribution in [-0.4, -0.2) is 62.4 Å². The Bertz CT molecular complexity index is 609. The minimum absolute atomic E-state index is 0.0670. The molecule has 2 aliphatic rings. The summed E-state index contributed by atoms with van der Waals surface area (Å²) in [5, 5.41) is 12.1. The minimum atomic E-state index is -0.132. The average Bonchev–Trinajstić information content (AvgIpc) is 3.33. The van der Waals surface area contributed by atoms with Crippen molar-refractivity contribution in [1.82, 2.24) is 25.1 Å².